The Morgan fingerprint density at radius 1 is 1.52 bits per heavy atom. The van der Waals surface area contributed by atoms with Crippen LogP contribution in [0.5, 0.6) is 0 Å². The largest absolute Gasteiger partial charge is 0.378 e. The summed E-state index contributed by atoms with van der Waals surface area (Å²) in [7, 11) is 0. The molecule has 1 aromatic heterocycles. The summed E-state index contributed by atoms with van der Waals surface area (Å²) in [5.74, 6) is 1.01. The molecule has 5 nitrogen and oxygen atoms in total. The standard InChI is InChI=1S/C16H25N3O2/c1-13(2)21-11-16-6-3-9-20-14(16)5-8-19(10-16)15-4-7-17-12-18-15/h4,7,12-14H,3,5-6,8-11H2,1-2H3/t14-,16-/m1/s1. The van der Waals surface area contributed by atoms with Crippen LogP contribution in [-0.4, -0.2) is 48.5 Å². The number of anilines is 1. The van der Waals surface area contributed by atoms with Crippen LogP contribution in [-0.2, 0) is 9.47 Å². The number of rotatable bonds is 4. The van der Waals surface area contributed by atoms with Crippen LogP contribution in [0.1, 0.15) is 33.1 Å². The summed E-state index contributed by atoms with van der Waals surface area (Å²) in [5, 5.41) is 0. The van der Waals surface area contributed by atoms with Gasteiger partial charge in [-0.05, 0) is 39.2 Å². The van der Waals surface area contributed by atoms with Gasteiger partial charge in [-0.3, -0.25) is 0 Å². The van der Waals surface area contributed by atoms with Gasteiger partial charge < -0.3 is 14.4 Å². The normalized spacial score (nSPS) is 29.5. The number of nitrogens with zero attached hydrogens (tertiary/aromatic N) is 3. The van der Waals surface area contributed by atoms with Crippen molar-refractivity contribution in [1.82, 2.24) is 9.97 Å². The van der Waals surface area contributed by atoms with E-state index in [1.54, 1.807) is 6.33 Å². The summed E-state index contributed by atoms with van der Waals surface area (Å²) < 4.78 is 12.0. The van der Waals surface area contributed by atoms with Crippen molar-refractivity contribution in [3.8, 4) is 0 Å². The second-order valence-electron chi connectivity index (χ2n) is 6.46. The molecule has 0 unspecified atom stereocenters. The Kier molecular flexibility index (Phi) is 4.40. The van der Waals surface area contributed by atoms with Crippen LogP contribution < -0.4 is 4.90 Å². The molecule has 116 valence electrons. The molecule has 0 radical (unpaired) electrons. The van der Waals surface area contributed by atoms with E-state index < -0.39 is 0 Å². The van der Waals surface area contributed by atoms with Crippen LogP contribution in [0.25, 0.3) is 0 Å². The lowest BCUT2D eigenvalue weighted by Gasteiger charge is -2.50. The zero-order valence-corrected chi connectivity index (χ0v) is 13.0. The highest BCUT2D eigenvalue weighted by Gasteiger charge is 2.46. The quantitative estimate of drug-likeness (QED) is 0.851. The van der Waals surface area contributed by atoms with Gasteiger partial charge >= 0.3 is 0 Å². The summed E-state index contributed by atoms with van der Waals surface area (Å²) in [6.07, 6.45) is 7.35. The smallest absolute Gasteiger partial charge is 0.131 e. The van der Waals surface area contributed by atoms with Crippen LogP contribution in [0.4, 0.5) is 5.82 Å². The molecule has 5 heteroatoms. The lowest BCUT2D eigenvalue weighted by atomic mass is 9.73. The van der Waals surface area contributed by atoms with Gasteiger partial charge in [0, 0.05) is 31.3 Å². The third-order valence-electron chi connectivity index (χ3n) is 4.58. The van der Waals surface area contributed by atoms with E-state index in [4.69, 9.17) is 9.47 Å². The highest BCUT2D eigenvalue weighted by atomic mass is 16.5. The molecule has 0 saturated carbocycles. The minimum Gasteiger partial charge on any atom is -0.378 e. The number of hydrogen-bond acceptors (Lipinski definition) is 5. The van der Waals surface area contributed by atoms with Crippen molar-refractivity contribution >= 4 is 5.82 Å². The summed E-state index contributed by atoms with van der Waals surface area (Å²) in [6, 6.07) is 1.99. The lowest BCUT2D eigenvalue weighted by molar-refractivity contribution is -0.132. The molecule has 21 heavy (non-hydrogen) atoms. The first-order valence-corrected chi connectivity index (χ1v) is 7.94. The van der Waals surface area contributed by atoms with Crippen LogP contribution >= 0.6 is 0 Å². The van der Waals surface area contributed by atoms with Gasteiger partial charge in [0.05, 0.1) is 18.8 Å². The second-order valence-corrected chi connectivity index (χ2v) is 6.46. The maximum absolute atomic E-state index is 6.06. The molecule has 3 heterocycles. The SMILES string of the molecule is CC(C)OC[C@]12CCCO[C@@H]1CCN(c1ccncn1)C2. The van der Waals surface area contributed by atoms with Gasteiger partial charge in [0.15, 0.2) is 0 Å². The van der Waals surface area contributed by atoms with Crippen molar-refractivity contribution in [2.45, 2.75) is 45.3 Å². The number of piperidine rings is 1. The number of ether oxygens (including phenoxy) is 2. The van der Waals surface area contributed by atoms with Crippen molar-refractivity contribution in [2.75, 3.05) is 31.2 Å². The van der Waals surface area contributed by atoms with Crippen molar-refractivity contribution < 1.29 is 9.47 Å². The van der Waals surface area contributed by atoms with Crippen molar-refractivity contribution in [3.63, 3.8) is 0 Å². The molecule has 2 aliphatic rings. The molecule has 0 bridgehead atoms. The van der Waals surface area contributed by atoms with Gasteiger partial charge in [-0.2, -0.15) is 0 Å². The Labute approximate surface area is 126 Å². The molecule has 0 aliphatic carbocycles. The molecule has 0 spiro atoms. The first-order chi connectivity index (χ1) is 10.2. The Balaban J connectivity index is 1.77. The zero-order chi connectivity index (χ0) is 14.7. The van der Waals surface area contributed by atoms with Crippen LogP contribution in [0.2, 0.25) is 0 Å². The molecule has 2 atom stereocenters. The predicted octanol–water partition coefficient (Wildman–Crippen LogP) is 2.28. The number of aromatic nitrogens is 2. The van der Waals surface area contributed by atoms with E-state index in [0.717, 1.165) is 45.0 Å². The molecule has 2 aliphatic heterocycles. The topological polar surface area (TPSA) is 47.5 Å². The summed E-state index contributed by atoms with van der Waals surface area (Å²) in [6.45, 7) is 7.81. The Morgan fingerprint density at radius 3 is 3.19 bits per heavy atom. The van der Waals surface area contributed by atoms with Crippen LogP contribution in [0, 0.1) is 5.41 Å². The van der Waals surface area contributed by atoms with Crippen molar-refractivity contribution in [2.24, 2.45) is 5.41 Å². The third-order valence-corrected chi connectivity index (χ3v) is 4.58. The fraction of sp³-hybridized carbons (Fsp3) is 0.750. The average Bonchev–Trinajstić information content (AvgIpc) is 2.53. The van der Waals surface area contributed by atoms with E-state index in [2.05, 4.69) is 28.7 Å². The van der Waals surface area contributed by atoms with E-state index in [1.807, 2.05) is 12.3 Å². The van der Waals surface area contributed by atoms with E-state index in [0.29, 0.717) is 6.10 Å². The monoisotopic (exact) mass is 291 g/mol. The van der Waals surface area contributed by atoms with Gasteiger partial charge in [-0.25, -0.2) is 9.97 Å². The van der Waals surface area contributed by atoms with Gasteiger partial charge in [-0.15, -0.1) is 0 Å². The highest BCUT2D eigenvalue weighted by Crippen LogP contribution is 2.41. The van der Waals surface area contributed by atoms with Crippen LogP contribution in [0.3, 0.4) is 0 Å². The van der Waals surface area contributed by atoms with Gasteiger partial charge in [0.2, 0.25) is 0 Å². The molecule has 0 N–H and O–H groups in total. The second kappa shape index (κ2) is 6.28. The number of hydrogen-bond donors (Lipinski definition) is 0. The Hall–Kier alpha value is -1.20. The summed E-state index contributed by atoms with van der Waals surface area (Å²) >= 11 is 0. The first kappa shape index (κ1) is 14.7. The van der Waals surface area contributed by atoms with Crippen LogP contribution in [0.15, 0.2) is 18.6 Å². The third kappa shape index (κ3) is 3.19. The van der Waals surface area contributed by atoms with E-state index in [1.165, 1.54) is 6.42 Å². The van der Waals surface area contributed by atoms with Gasteiger partial charge in [0.25, 0.3) is 0 Å². The molecular formula is C16H25N3O2. The molecule has 2 fully saturated rings. The van der Waals surface area contributed by atoms with Crippen molar-refractivity contribution in [3.05, 3.63) is 18.6 Å². The summed E-state index contributed by atoms with van der Waals surface area (Å²) in [4.78, 5) is 10.8. The van der Waals surface area contributed by atoms with Gasteiger partial charge in [-0.1, -0.05) is 0 Å². The fourth-order valence-corrected chi connectivity index (χ4v) is 3.50. The molecule has 1 aromatic rings. The lowest BCUT2D eigenvalue weighted by Crippen LogP contribution is -2.57. The zero-order valence-electron chi connectivity index (χ0n) is 13.0. The number of fused-ring (bicyclic) bond motifs is 1. The molecule has 0 amide bonds. The maximum atomic E-state index is 6.06. The predicted molar refractivity (Wildman–Crippen MR) is 81.4 cm³/mol. The minimum absolute atomic E-state index is 0.103. The average molecular weight is 291 g/mol. The minimum atomic E-state index is 0.103. The van der Waals surface area contributed by atoms with E-state index in [9.17, 15) is 0 Å². The van der Waals surface area contributed by atoms with E-state index in [-0.39, 0.29) is 11.5 Å². The Morgan fingerprint density at radius 2 is 2.43 bits per heavy atom. The first-order valence-electron chi connectivity index (χ1n) is 7.94. The molecule has 0 aromatic carbocycles. The fourth-order valence-electron chi connectivity index (χ4n) is 3.50. The van der Waals surface area contributed by atoms with Crippen molar-refractivity contribution in [1.29, 1.82) is 0 Å². The molecule has 2 saturated heterocycles. The maximum Gasteiger partial charge on any atom is 0.131 e. The molecular weight excluding hydrogens is 266 g/mol. The van der Waals surface area contributed by atoms with E-state index >= 15 is 0 Å². The summed E-state index contributed by atoms with van der Waals surface area (Å²) in [5.41, 5.74) is 0.103. The van der Waals surface area contributed by atoms with Gasteiger partial charge in [0.1, 0.15) is 12.1 Å². The molecule has 3 rings (SSSR count). The Bertz CT molecular complexity index is 454. The highest BCUT2D eigenvalue weighted by molar-refractivity contribution is 5.38.